The molecule has 2 aromatic heterocycles. The number of hydrogen-bond donors (Lipinski definition) is 1. The molecule has 42 heavy (non-hydrogen) atoms. The van der Waals surface area contributed by atoms with Crippen LogP contribution in [0.3, 0.4) is 0 Å². The summed E-state index contributed by atoms with van der Waals surface area (Å²) in [5.74, 6) is 0.101. The van der Waals surface area contributed by atoms with E-state index >= 15 is 0 Å². The molecule has 1 aromatic carbocycles. The fraction of sp³-hybridized carbons (Fsp3) is 0.423. The molecule has 0 unspecified atom stereocenters. The largest absolute Gasteiger partial charge is 0.444 e. The lowest BCUT2D eigenvalue weighted by atomic mass is 10.0. The van der Waals surface area contributed by atoms with Crippen LogP contribution in [0.15, 0.2) is 36.5 Å². The third kappa shape index (κ3) is 6.91. The summed E-state index contributed by atoms with van der Waals surface area (Å²) in [6, 6.07) is 1.62. The Morgan fingerprint density at radius 1 is 1.07 bits per heavy atom. The lowest BCUT2D eigenvalue weighted by molar-refractivity contribution is -0.385. The maximum absolute atomic E-state index is 13.7. The molecule has 1 atom stereocenters. The first-order valence-electron chi connectivity index (χ1n) is 12.6. The lowest BCUT2D eigenvalue weighted by Gasteiger charge is -2.29. The number of fused-ring (bicyclic) bond motifs is 1. The number of anilines is 1. The van der Waals surface area contributed by atoms with Crippen LogP contribution >= 0.6 is 0 Å². The van der Waals surface area contributed by atoms with E-state index in [1.807, 2.05) is 0 Å². The first-order chi connectivity index (χ1) is 19.3. The van der Waals surface area contributed by atoms with Gasteiger partial charge < -0.3 is 15.0 Å². The molecule has 1 aliphatic heterocycles. The molecule has 1 N–H and O–H groups in total. The topological polar surface area (TPSA) is 115 Å². The van der Waals surface area contributed by atoms with Crippen molar-refractivity contribution in [1.82, 2.24) is 19.5 Å². The van der Waals surface area contributed by atoms with Gasteiger partial charge >= 0.3 is 18.4 Å². The molecule has 0 saturated carbocycles. The molecule has 3 aromatic rings. The number of alkyl halides is 6. The zero-order chi connectivity index (χ0) is 31.2. The molecular formula is C26H26F6N6O4. The number of hydrogen-bond acceptors (Lipinski definition) is 7. The van der Waals surface area contributed by atoms with Crippen LogP contribution in [0.4, 0.5) is 42.5 Å². The van der Waals surface area contributed by atoms with E-state index in [1.54, 1.807) is 26.8 Å². The average molecular weight is 601 g/mol. The number of nitrogens with one attached hydrogen (secondary N) is 1. The summed E-state index contributed by atoms with van der Waals surface area (Å²) in [5.41, 5.74) is -3.76. The number of nitrogens with zero attached hydrogens (tertiary/aromatic N) is 5. The number of ether oxygens (including phenoxy) is 1. The zero-order valence-corrected chi connectivity index (χ0v) is 22.8. The minimum Gasteiger partial charge on any atom is -0.444 e. The highest BCUT2D eigenvalue weighted by molar-refractivity contribution is 5.74. The monoisotopic (exact) mass is 600 g/mol. The lowest BCUT2D eigenvalue weighted by Crippen LogP contribution is -2.39. The maximum Gasteiger partial charge on any atom is 0.417 e. The van der Waals surface area contributed by atoms with Crippen LogP contribution < -0.4 is 5.32 Å². The Labute approximate surface area is 235 Å². The van der Waals surface area contributed by atoms with Gasteiger partial charge in [0.15, 0.2) is 11.5 Å². The predicted octanol–water partition coefficient (Wildman–Crippen LogP) is 6.87. The fourth-order valence-electron chi connectivity index (χ4n) is 4.22. The van der Waals surface area contributed by atoms with E-state index in [0.29, 0.717) is 17.7 Å². The van der Waals surface area contributed by atoms with Crippen molar-refractivity contribution in [1.29, 1.82) is 0 Å². The van der Waals surface area contributed by atoms with Crippen molar-refractivity contribution >= 4 is 28.7 Å². The van der Waals surface area contributed by atoms with Crippen LogP contribution in [0.25, 0.3) is 11.2 Å². The molecule has 1 amide bonds. The van der Waals surface area contributed by atoms with Gasteiger partial charge in [0.2, 0.25) is 0 Å². The zero-order valence-electron chi connectivity index (χ0n) is 22.8. The first kappa shape index (κ1) is 30.6. The van der Waals surface area contributed by atoms with Gasteiger partial charge in [-0.25, -0.2) is 14.3 Å². The summed E-state index contributed by atoms with van der Waals surface area (Å²) in [6.07, 6.45) is -7.54. The summed E-state index contributed by atoms with van der Waals surface area (Å²) < 4.78 is 87.6. The summed E-state index contributed by atoms with van der Waals surface area (Å²) in [7, 11) is 0. The predicted molar refractivity (Wildman–Crippen MR) is 139 cm³/mol. The van der Waals surface area contributed by atoms with Gasteiger partial charge in [-0.05, 0) is 57.4 Å². The van der Waals surface area contributed by atoms with Gasteiger partial charge in [-0.1, -0.05) is 6.08 Å². The van der Waals surface area contributed by atoms with Crippen LogP contribution in [-0.4, -0.2) is 49.2 Å². The van der Waals surface area contributed by atoms with Gasteiger partial charge in [0.05, 0.1) is 21.7 Å². The van der Waals surface area contributed by atoms with Crippen molar-refractivity contribution in [3.8, 4) is 0 Å². The second kappa shape index (κ2) is 10.8. The minimum absolute atomic E-state index is 0.0539. The number of nitro benzene ring substituents is 1. The molecule has 226 valence electrons. The van der Waals surface area contributed by atoms with Crippen molar-refractivity contribution in [2.45, 2.75) is 58.1 Å². The van der Waals surface area contributed by atoms with Crippen molar-refractivity contribution in [3.63, 3.8) is 0 Å². The van der Waals surface area contributed by atoms with E-state index in [1.165, 1.54) is 11.8 Å². The van der Waals surface area contributed by atoms with Gasteiger partial charge in [-0.15, -0.1) is 5.10 Å². The highest BCUT2D eigenvalue weighted by Gasteiger charge is 2.35. The number of pyridine rings is 1. The molecular weight excluding hydrogens is 574 g/mol. The van der Waals surface area contributed by atoms with Gasteiger partial charge in [-0.3, -0.25) is 10.1 Å². The fourth-order valence-corrected chi connectivity index (χ4v) is 4.22. The number of carbonyl (C=O) groups excluding carboxylic acids is 1. The molecule has 0 saturated heterocycles. The molecule has 0 bridgehead atoms. The van der Waals surface area contributed by atoms with Crippen LogP contribution in [0.5, 0.6) is 0 Å². The van der Waals surface area contributed by atoms with Crippen LogP contribution in [0.2, 0.25) is 0 Å². The van der Waals surface area contributed by atoms with Gasteiger partial charge in [0, 0.05) is 37.5 Å². The number of non-ortho nitro benzene ring substituents is 1. The highest BCUT2D eigenvalue weighted by Crippen LogP contribution is 2.37. The average Bonchev–Trinajstić information content (AvgIpc) is 3.31. The smallest absolute Gasteiger partial charge is 0.417 e. The Hall–Kier alpha value is -4.37. The van der Waals surface area contributed by atoms with Crippen LogP contribution in [-0.2, 0) is 17.1 Å². The number of amides is 1. The number of benzene rings is 1. The molecule has 0 radical (unpaired) electrons. The second-order valence-electron chi connectivity index (χ2n) is 10.7. The molecule has 16 heteroatoms. The molecule has 10 nitrogen and oxygen atoms in total. The van der Waals surface area contributed by atoms with E-state index in [-0.39, 0.29) is 42.2 Å². The maximum atomic E-state index is 13.7. The highest BCUT2D eigenvalue weighted by atomic mass is 19.4. The van der Waals surface area contributed by atoms with E-state index in [9.17, 15) is 41.3 Å². The normalized spacial score (nSPS) is 15.4. The SMILES string of the molecule is C[C@@H](Nc1cc(C(F)(F)F)cn2nc(C3=CCN(C(=O)OC(C)(C)C)CC3)nc12)c1cc([N+](=O)[O-])cc(C(F)(F)F)c1. The van der Waals surface area contributed by atoms with Crippen LogP contribution in [0, 0.1) is 10.1 Å². The first-order valence-corrected chi connectivity index (χ1v) is 12.6. The second-order valence-corrected chi connectivity index (χ2v) is 10.7. The van der Waals surface area contributed by atoms with E-state index in [4.69, 9.17) is 4.74 Å². The molecule has 4 rings (SSSR count). The number of halogens is 6. The molecule has 0 aliphatic carbocycles. The Kier molecular flexibility index (Phi) is 7.86. The van der Waals surface area contributed by atoms with E-state index < -0.39 is 51.8 Å². The van der Waals surface area contributed by atoms with Crippen LogP contribution in [0.1, 0.15) is 62.7 Å². The van der Waals surface area contributed by atoms with Gasteiger partial charge in [-0.2, -0.15) is 26.3 Å². The molecule has 0 spiro atoms. The number of carbonyl (C=O) groups is 1. The molecule has 1 aliphatic rings. The molecule has 0 fully saturated rings. The third-order valence-corrected chi connectivity index (χ3v) is 6.26. The third-order valence-electron chi connectivity index (χ3n) is 6.26. The standard InChI is InChI=1S/C26H26F6N6O4/c1-14(16-9-17(25(27,28)29)11-19(10-16)38(40)41)33-20-12-18(26(30,31)32)13-37-22(20)34-21(35-37)15-5-7-36(8-6-15)23(39)42-24(2,3)4/h5,9-14,33H,6-8H2,1-4H3/t14-/m1/s1. The molecule has 3 heterocycles. The van der Waals surface area contributed by atoms with Crippen molar-refractivity contribution < 1.29 is 40.8 Å². The summed E-state index contributed by atoms with van der Waals surface area (Å²) in [4.78, 5) is 28.4. The summed E-state index contributed by atoms with van der Waals surface area (Å²) in [5, 5.41) is 18.2. The van der Waals surface area contributed by atoms with Crippen molar-refractivity contribution in [2.75, 3.05) is 18.4 Å². The van der Waals surface area contributed by atoms with E-state index in [2.05, 4.69) is 15.4 Å². The Morgan fingerprint density at radius 2 is 1.74 bits per heavy atom. The number of nitro groups is 1. The van der Waals surface area contributed by atoms with Crippen molar-refractivity contribution in [3.05, 3.63) is 69.2 Å². The minimum atomic E-state index is -4.89. The summed E-state index contributed by atoms with van der Waals surface area (Å²) in [6.45, 7) is 6.94. The number of rotatable bonds is 5. The Morgan fingerprint density at radius 3 is 2.29 bits per heavy atom. The Bertz CT molecular complexity index is 1560. The number of aromatic nitrogens is 3. The van der Waals surface area contributed by atoms with Gasteiger partial charge in [0.25, 0.3) is 5.69 Å². The Balaban J connectivity index is 1.69. The summed E-state index contributed by atoms with van der Waals surface area (Å²) >= 11 is 0. The van der Waals surface area contributed by atoms with Gasteiger partial charge in [0.1, 0.15) is 5.60 Å². The quantitative estimate of drug-likeness (QED) is 0.193. The van der Waals surface area contributed by atoms with E-state index in [0.717, 1.165) is 22.8 Å². The van der Waals surface area contributed by atoms with Crippen molar-refractivity contribution in [2.24, 2.45) is 0 Å².